The summed E-state index contributed by atoms with van der Waals surface area (Å²) >= 11 is 1.63. The van der Waals surface area contributed by atoms with E-state index >= 15 is 0 Å². The van der Waals surface area contributed by atoms with E-state index in [2.05, 4.69) is 10.1 Å². The van der Waals surface area contributed by atoms with Crippen molar-refractivity contribution in [2.45, 2.75) is 38.4 Å². The maximum Gasteiger partial charge on any atom is 0.255 e. The van der Waals surface area contributed by atoms with Crippen molar-refractivity contribution in [3.8, 4) is 0 Å². The number of carbonyl (C=O) groups is 1. The average molecular weight is 333 g/mol. The monoisotopic (exact) mass is 333 g/mol. The molecule has 0 saturated carbocycles. The Morgan fingerprint density at radius 1 is 1.52 bits per heavy atom. The quantitative estimate of drug-likeness (QED) is 0.862. The van der Waals surface area contributed by atoms with Gasteiger partial charge < -0.3 is 14.2 Å². The first-order valence-corrected chi connectivity index (χ1v) is 8.88. The number of thiophene rings is 1. The summed E-state index contributed by atoms with van der Waals surface area (Å²) in [5.74, 6) is 1.76. The third-order valence-corrected chi connectivity index (χ3v) is 5.36. The number of likely N-dealkylation sites (tertiary alicyclic amines) is 1. The summed E-state index contributed by atoms with van der Waals surface area (Å²) in [7, 11) is 0. The van der Waals surface area contributed by atoms with Crippen molar-refractivity contribution in [2.75, 3.05) is 13.1 Å². The Kier molecular flexibility index (Phi) is 3.90. The SMILES string of the molecule is Cc1noc([C@@H]2C[C@@H]3CN(C(=O)Cc4ccsc4)CC[C@H]3O2)n1. The van der Waals surface area contributed by atoms with Crippen molar-refractivity contribution in [2.24, 2.45) is 5.92 Å². The zero-order chi connectivity index (χ0) is 15.8. The number of hydrogen-bond acceptors (Lipinski definition) is 6. The molecular weight excluding hydrogens is 314 g/mol. The van der Waals surface area contributed by atoms with Gasteiger partial charge in [-0.2, -0.15) is 16.3 Å². The summed E-state index contributed by atoms with van der Waals surface area (Å²) in [4.78, 5) is 18.7. The summed E-state index contributed by atoms with van der Waals surface area (Å²) < 4.78 is 11.3. The predicted molar refractivity (Wildman–Crippen MR) is 84.0 cm³/mol. The highest BCUT2D eigenvalue weighted by Crippen LogP contribution is 2.40. The summed E-state index contributed by atoms with van der Waals surface area (Å²) in [6.07, 6.45) is 2.28. The largest absolute Gasteiger partial charge is 0.365 e. The number of ether oxygens (including phenoxy) is 1. The molecule has 0 unspecified atom stereocenters. The number of nitrogens with zero attached hydrogens (tertiary/aromatic N) is 3. The molecule has 0 radical (unpaired) electrons. The second-order valence-corrected chi connectivity index (χ2v) is 7.06. The number of fused-ring (bicyclic) bond motifs is 1. The lowest BCUT2D eigenvalue weighted by molar-refractivity contribution is -0.133. The normalized spacial score (nSPS) is 27.2. The third kappa shape index (κ3) is 3.03. The molecule has 0 N–H and O–H groups in total. The number of hydrogen-bond donors (Lipinski definition) is 0. The van der Waals surface area contributed by atoms with Crippen LogP contribution >= 0.6 is 11.3 Å². The summed E-state index contributed by atoms with van der Waals surface area (Å²) in [6, 6.07) is 2.02. The van der Waals surface area contributed by atoms with Crippen LogP contribution in [0.25, 0.3) is 0 Å². The van der Waals surface area contributed by atoms with Crippen molar-refractivity contribution < 1.29 is 14.1 Å². The molecule has 23 heavy (non-hydrogen) atoms. The minimum atomic E-state index is -0.127. The van der Waals surface area contributed by atoms with Gasteiger partial charge in [0.1, 0.15) is 6.10 Å². The smallest absolute Gasteiger partial charge is 0.255 e. The van der Waals surface area contributed by atoms with Gasteiger partial charge in [-0.3, -0.25) is 4.79 Å². The lowest BCUT2D eigenvalue weighted by atomic mass is 9.92. The molecule has 0 aliphatic carbocycles. The number of aromatic nitrogens is 2. The molecular formula is C16H19N3O3S. The molecule has 122 valence electrons. The highest BCUT2D eigenvalue weighted by Gasteiger charge is 2.42. The van der Waals surface area contributed by atoms with E-state index in [9.17, 15) is 4.79 Å². The Bertz CT molecular complexity index is 685. The summed E-state index contributed by atoms with van der Waals surface area (Å²) in [5.41, 5.74) is 1.10. The van der Waals surface area contributed by atoms with E-state index in [-0.39, 0.29) is 18.1 Å². The molecule has 3 atom stereocenters. The fourth-order valence-corrected chi connectivity index (χ4v) is 4.14. The third-order valence-electron chi connectivity index (χ3n) is 4.63. The van der Waals surface area contributed by atoms with E-state index in [0.717, 1.165) is 31.5 Å². The number of rotatable bonds is 3. The van der Waals surface area contributed by atoms with Crippen molar-refractivity contribution in [1.29, 1.82) is 0 Å². The molecule has 2 fully saturated rings. The molecule has 2 aromatic rings. The van der Waals surface area contributed by atoms with E-state index in [4.69, 9.17) is 9.26 Å². The van der Waals surface area contributed by atoms with Gasteiger partial charge in [0.2, 0.25) is 5.91 Å². The Morgan fingerprint density at radius 2 is 2.43 bits per heavy atom. The molecule has 0 bridgehead atoms. The van der Waals surface area contributed by atoms with Crippen molar-refractivity contribution >= 4 is 17.2 Å². The van der Waals surface area contributed by atoms with Crippen molar-refractivity contribution in [3.63, 3.8) is 0 Å². The van der Waals surface area contributed by atoms with Gasteiger partial charge in [0.25, 0.3) is 5.89 Å². The van der Waals surface area contributed by atoms with Gasteiger partial charge in [0.05, 0.1) is 12.5 Å². The first-order valence-electron chi connectivity index (χ1n) is 7.93. The molecule has 0 aromatic carbocycles. The van der Waals surface area contributed by atoms with Crippen LogP contribution in [0, 0.1) is 12.8 Å². The van der Waals surface area contributed by atoms with Crippen LogP contribution in [0.4, 0.5) is 0 Å². The second-order valence-electron chi connectivity index (χ2n) is 6.28. The minimum Gasteiger partial charge on any atom is -0.365 e. The molecule has 7 heteroatoms. The first-order chi connectivity index (χ1) is 11.2. The lowest BCUT2D eigenvalue weighted by Crippen LogP contribution is -2.45. The highest BCUT2D eigenvalue weighted by molar-refractivity contribution is 7.07. The second kappa shape index (κ2) is 6.05. The molecule has 4 rings (SSSR count). The molecule has 2 aromatic heterocycles. The Hall–Kier alpha value is -1.73. The summed E-state index contributed by atoms with van der Waals surface area (Å²) in [5, 5.41) is 7.88. The van der Waals surface area contributed by atoms with Crippen LogP contribution in [-0.4, -0.2) is 40.1 Å². The van der Waals surface area contributed by atoms with Crippen LogP contribution < -0.4 is 0 Å². The van der Waals surface area contributed by atoms with Gasteiger partial charge in [-0.05, 0) is 42.2 Å². The molecule has 4 heterocycles. The molecule has 6 nitrogen and oxygen atoms in total. The molecule has 0 spiro atoms. The number of piperidine rings is 1. The van der Waals surface area contributed by atoms with Crippen LogP contribution in [0.3, 0.4) is 0 Å². The van der Waals surface area contributed by atoms with E-state index in [0.29, 0.717) is 24.1 Å². The fraction of sp³-hybridized carbons (Fsp3) is 0.562. The van der Waals surface area contributed by atoms with Crippen LogP contribution in [0.1, 0.15) is 36.2 Å². The summed E-state index contributed by atoms with van der Waals surface area (Å²) in [6.45, 7) is 3.33. The number of aryl methyl sites for hydroxylation is 1. The van der Waals surface area contributed by atoms with E-state index in [1.54, 1.807) is 18.3 Å². The van der Waals surface area contributed by atoms with Gasteiger partial charge in [0, 0.05) is 19.0 Å². The van der Waals surface area contributed by atoms with E-state index in [1.165, 1.54) is 0 Å². The maximum atomic E-state index is 12.5. The van der Waals surface area contributed by atoms with Gasteiger partial charge >= 0.3 is 0 Å². The Balaban J connectivity index is 1.38. The molecule has 2 saturated heterocycles. The minimum absolute atomic E-state index is 0.127. The van der Waals surface area contributed by atoms with E-state index in [1.807, 2.05) is 21.7 Å². The van der Waals surface area contributed by atoms with Crippen LogP contribution in [0.15, 0.2) is 21.3 Å². The van der Waals surface area contributed by atoms with Crippen LogP contribution in [0.5, 0.6) is 0 Å². The van der Waals surface area contributed by atoms with Crippen LogP contribution in [0.2, 0.25) is 0 Å². The zero-order valence-electron chi connectivity index (χ0n) is 13.0. The first kappa shape index (κ1) is 14.8. The highest BCUT2D eigenvalue weighted by atomic mass is 32.1. The Morgan fingerprint density at radius 3 is 3.17 bits per heavy atom. The molecule has 1 amide bonds. The average Bonchev–Trinajstić information content (AvgIpc) is 3.25. The van der Waals surface area contributed by atoms with Gasteiger partial charge in [-0.25, -0.2) is 0 Å². The predicted octanol–water partition coefficient (Wildman–Crippen LogP) is 2.36. The standard InChI is InChI=1S/C16H19N3O3S/c1-10-17-16(22-18-10)14-7-12-8-19(4-2-13(12)21-14)15(20)6-11-3-5-23-9-11/h3,5,9,12-14H,2,4,6-8H2,1H3/t12-,13-,14+/m1/s1. The zero-order valence-corrected chi connectivity index (χ0v) is 13.8. The van der Waals surface area contributed by atoms with Gasteiger partial charge in [-0.1, -0.05) is 5.16 Å². The fourth-order valence-electron chi connectivity index (χ4n) is 3.47. The number of carbonyl (C=O) groups excluding carboxylic acids is 1. The lowest BCUT2D eigenvalue weighted by Gasteiger charge is -2.34. The number of amides is 1. The van der Waals surface area contributed by atoms with Gasteiger partial charge in [0.15, 0.2) is 5.82 Å². The topological polar surface area (TPSA) is 68.5 Å². The maximum absolute atomic E-state index is 12.5. The van der Waals surface area contributed by atoms with Crippen molar-refractivity contribution in [3.05, 3.63) is 34.1 Å². The Labute approximate surface area is 138 Å². The van der Waals surface area contributed by atoms with Crippen LogP contribution in [-0.2, 0) is 16.0 Å². The van der Waals surface area contributed by atoms with E-state index < -0.39 is 0 Å². The van der Waals surface area contributed by atoms with Crippen molar-refractivity contribution in [1.82, 2.24) is 15.0 Å². The molecule has 2 aliphatic rings. The molecule has 2 aliphatic heterocycles. The van der Waals surface area contributed by atoms with Gasteiger partial charge in [-0.15, -0.1) is 0 Å².